The van der Waals surface area contributed by atoms with Gasteiger partial charge in [0.05, 0.1) is 0 Å². The zero-order chi connectivity index (χ0) is 51.9. The summed E-state index contributed by atoms with van der Waals surface area (Å²) in [5.41, 5.74) is 0. The average molecular weight is 1420 g/mol. The van der Waals surface area contributed by atoms with Crippen LogP contribution >= 0.6 is 90.7 Å². The maximum absolute atomic E-state index is 2.47. The SMILES string of the molecule is c1ccc2c(-c3cc4cc5c(cc4s3)sc3c4cc6cc(-c7[se]cc8ccccc78)sc6cc4sc53)[se]cc2c1.c1ccc2c(-c3cc4cc5sc6c7cc8sc(-c9[se]cc%10ccccc9%10)cc8cc7sc6c5cc4s3)[se]cc2c1. The molecule has 0 N–H and O–H groups in total. The van der Waals surface area contributed by atoms with Gasteiger partial charge in [-0.05, 0) is 0 Å². The molecule has 0 nitrogen and oxygen atoms in total. The summed E-state index contributed by atoms with van der Waals surface area (Å²) in [6, 6.07) is 64.9. The molecule has 0 atom stereocenters. The Labute approximate surface area is 511 Å². The topological polar surface area (TPSA) is 0 Å². The van der Waals surface area contributed by atoms with Gasteiger partial charge in [0.1, 0.15) is 0 Å². The van der Waals surface area contributed by atoms with Gasteiger partial charge in [-0.2, -0.15) is 0 Å². The monoisotopic (exact) mass is 1420 g/mol. The van der Waals surface area contributed by atoms with Crippen LogP contribution in [0.1, 0.15) is 0 Å². The summed E-state index contributed by atoms with van der Waals surface area (Å²) >= 11 is 17.4. The molecule has 0 saturated carbocycles. The van der Waals surface area contributed by atoms with Crippen LogP contribution in [0.3, 0.4) is 0 Å². The Morgan fingerprint density at radius 1 is 0.200 bits per heavy atom. The van der Waals surface area contributed by atoms with Gasteiger partial charge in [-0.1, -0.05) is 0 Å². The fourth-order valence-electron chi connectivity index (χ4n) is 11.8. The molecule has 20 aromatic rings. The van der Waals surface area contributed by atoms with Crippen LogP contribution in [0.25, 0.3) is 180 Å². The molecule has 0 saturated heterocycles. The third-order valence-electron chi connectivity index (χ3n) is 15.6. The second-order valence-corrected chi connectivity index (χ2v) is 36.2. The molecule has 12 heteroatoms. The van der Waals surface area contributed by atoms with E-state index in [1.165, 1.54) is 180 Å². The van der Waals surface area contributed by atoms with Crippen molar-refractivity contribution < 1.29 is 0 Å². The zero-order valence-electron chi connectivity index (χ0n) is 41.4. The molecule has 8 aromatic carbocycles. The first-order chi connectivity index (χ1) is 39.5. The Morgan fingerprint density at radius 2 is 0.463 bits per heavy atom. The van der Waals surface area contributed by atoms with Crippen LogP contribution < -0.4 is 0 Å². The third kappa shape index (κ3) is 7.34. The van der Waals surface area contributed by atoms with Crippen molar-refractivity contribution in [1.82, 2.24) is 0 Å². The maximum atomic E-state index is 2.47. The van der Waals surface area contributed by atoms with Crippen LogP contribution in [-0.2, 0) is 0 Å². The molecular weight excluding hydrogens is 1390 g/mol. The van der Waals surface area contributed by atoms with Crippen molar-refractivity contribution in [3.8, 4) is 37.3 Å². The summed E-state index contributed by atoms with van der Waals surface area (Å²) in [4.78, 5) is 15.5. The van der Waals surface area contributed by atoms with Gasteiger partial charge in [-0.3, -0.25) is 0 Å². The quantitative estimate of drug-likeness (QED) is 0.154. The molecule has 12 heterocycles. The predicted molar refractivity (Wildman–Crippen MR) is 370 cm³/mol. The molecule has 376 valence electrons. The predicted octanol–water partition coefficient (Wildman–Crippen LogP) is 22.9. The Hall–Kier alpha value is -5.00. The van der Waals surface area contributed by atoms with Gasteiger partial charge in [0.2, 0.25) is 0 Å². The van der Waals surface area contributed by atoms with E-state index in [1.807, 2.05) is 90.7 Å². The van der Waals surface area contributed by atoms with Crippen molar-refractivity contribution in [3.63, 3.8) is 0 Å². The summed E-state index contributed by atoms with van der Waals surface area (Å²) in [7, 11) is 0. The van der Waals surface area contributed by atoms with Gasteiger partial charge in [-0.25, -0.2) is 0 Å². The average Bonchev–Trinajstić information content (AvgIpc) is 4.52. The molecular formula is C68H32S8Se4. The first-order valence-electron chi connectivity index (χ1n) is 25.9. The van der Waals surface area contributed by atoms with Crippen LogP contribution in [0, 0.1) is 0 Å². The second kappa shape index (κ2) is 18.2. The van der Waals surface area contributed by atoms with E-state index in [0.29, 0.717) is 58.0 Å². The number of hydrogen-bond donors (Lipinski definition) is 0. The van der Waals surface area contributed by atoms with E-state index in [9.17, 15) is 0 Å². The van der Waals surface area contributed by atoms with Crippen LogP contribution in [0.4, 0.5) is 0 Å². The van der Waals surface area contributed by atoms with E-state index in [1.54, 1.807) is 0 Å². The molecule has 0 spiro atoms. The van der Waals surface area contributed by atoms with Gasteiger partial charge < -0.3 is 0 Å². The number of thiophene rings is 8. The Balaban J connectivity index is 0.000000120. The summed E-state index contributed by atoms with van der Waals surface area (Å²) in [6.07, 6.45) is 0. The van der Waals surface area contributed by atoms with Crippen LogP contribution in [0.5, 0.6) is 0 Å². The minimum atomic E-state index is 0.409. The molecule has 0 aliphatic carbocycles. The first-order valence-corrected chi connectivity index (χ1v) is 39.8. The standard InChI is InChI=1S/2C34H16S4Se2/c1-3-7-21-17(5-1)15-39-33(21)29-11-19-9-27-23(13-25(19)35-29)31-32(37-27)24-14-26-20(10-28(24)38-31)12-30(36-26)34-22-8-4-2-6-18(22)16-40-34;1-3-7-21-17(5-1)15-39-33(21)29-11-19-9-23-27(13-25(19)35-29)37-32-24-10-20-12-30(36-26(20)14-28(24)38-31(23)32)34-22-8-4-2-6-18(22)16-40-34/h2*1-16H. The number of benzene rings is 8. The molecule has 0 fully saturated rings. The minimum absolute atomic E-state index is 0.409. The van der Waals surface area contributed by atoms with E-state index < -0.39 is 0 Å². The molecule has 80 heavy (non-hydrogen) atoms. The Bertz CT molecular complexity index is 5230. The van der Waals surface area contributed by atoms with Gasteiger partial charge in [-0.15, -0.1) is 0 Å². The van der Waals surface area contributed by atoms with Crippen LogP contribution in [-0.4, -0.2) is 58.0 Å². The van der Waals surface area contributed by atoms with E-state index in [-0.39, 0.29) is 0 Å². The molecule has 0 radical (unpaired) electrons. The summed E-state index contributed by atoms with van der Waals surface area (Å²) in [5.74, 6) is 0. The Kier molecular flexibility index (Phi) is 10.8. The van der Waals surface area contributed by atoms with E-state index in [2.05, 4.69) is 190 Å². The van der Waals surface area contributed by atoms with Gasteiger partial charge in [0.25, 0.3) is 0 Å². The molecule has 0 bridgehead atoms. The number of fused-ring (bicyclic) bond motifs is 18. The molecule has 20 rings (SSSR count). The van der Waals surface area contributed by atoms with Crippen molar-refractivity contribution in [2.24, 2.45) is 0 Å². The molecule has 0 aliphatic rings. The van der Waals surface area contributed by atoms with Crippen molar-refractivity contribution in [2.45, 2.75) is 0 Å². The molecule has 0 amide bonds. The first kappa shape index (κ1) is 47.5. The fraction of sp³-hybridized carbons (Fsp3) is 0. The van der Waals surface area contributed by atoms with Gasteiger partial charge >= 0.3 is 518 Å². The van der Waals surface area contributed by atoms with Gasteiger partial charge in [0, 0.05) is 0 Å². The Morgan fingerprint density at radius 3 is 0.787 bits per heavy atom. The van der Waals surface area contributed by atoms with E-state index in [0.717, 1.165) is 0 Å². The van der Waals surface area contributed by atoms with Crippen LogP contribution in [0.2, 0.25) is 0 Å². The second-order valence-electron chi connectivity index (χ2n) is 20.3. The molecule has 0 aliphatic heterocycles. The van der Waals surface area contributed by atoms with Gasteiger partial charge in [0.15, 0.2) is 0 Å². The molecule has 12 aromatic heterocycles. The van der Waals surface area contributed by atoms with Crippen molar-refractivity contribution in [1.29, 1.82) is 0 Å². The van der Waals surface area contributed by atoms with Crippen molar-refractivity contribution in [3.05, 3.63) is 190 Å². The number of hydrogen-bond acceptors (Lipinski definition) is 8. The molecule has 0 unspecified atom stereocenters. The normalized spacial score (nSPS) is 12.5. The summed E-state index contributed by atoms with van der Waals surface area (Å²) < 4.78 is 23.3. The van der Waals surface area contributed by atoms with Crippen molar-refractivity contribution in [2.75, 3.05) is 0 Å². The number of rotatable bonds is 4. The zero-order valence-corrected chi connectivity index (χ0v) is 54.8. The van der Waals surface area contributed by atoms with E-state index >= 15 is 0 Å². The summed E-state index contributed by atoms with van der Waals surface area (Å²) in [5, 5.41) is 22.6. The fourth-order valence-corrected chi connectivity index (χ4v) is 31.4. The van der Waals surface area contributed by atoms with Crippen LogP contribution in [0.15, 0.2) is 190 Å². The van der Waals surface area contributed by atoms with Crippen molar-refractivity contribution >= 4 is 291 Å². The van der Waals surface area contributed by atoms with E-state index in [4.69, 9.17) is 0 Å². The summed E-state index contributed by atoms with van der Waals surface area (Å²) in [6.45, 7) is 0. The third-order valence-corrected chi connectivity index (χ3v) is 35.1.